The molecule has 0 bridgehead atoms. The van der Waals surface area contributed by atoms with Crippen molar-refractivity contribution in [3.63, 3.8) is 0 Å². The Morgan fingerprint density at radius 2 is 2.21 bits per heavy atom. The van der Waals surface area contributed by atoms with Crippen molar-refractivity contribution in [3.05, 3.63) is 29.8 Å². The van der Waals surface area contributed by atoms with Gasteiger partial charge in [-0.3, -0.25) is 4.79 Å². The molecule has 1 N–H and O–H groups in total. The Morgan fingerprint density at radius 1 is 1.42 bits per heavy atom. The zero-order chi connectivity index (χ0) is 13.5. The van der Waals surface area contributed by atoms with Gasteiger partial charge in [-0.1, -0.05) is 19.1 Å². The summed E-state index contributed by atoms with van der Waals surface area (Å²) in [5.41, 5.74) is 1.29. The Bertz CT molecular complexity index is 396. The van der Waals surface area contributed by atoms with Crippen LogP contribution in [-0.4, -0.2) is 31.8 Å². The molecule has 1 saturated heterocycles. The number of rotatable bonds is 6. The third-order valence-electron chi connectivity index (χ3n) is 3.22. The van der Waals surface area contributed by atoms with Crippen LogP contribution in [-0.2, 0) is 16.0 Å². The molecule has 1 fully saturated rings. The first-order valence-corrected chi connectivity index (χ1v) is 6.90. The number of ether oxygens (including phenoxy) is 2. The summed E-state index contributed by atoms with van der Waals surface area (Å²) in [5, 5.41) is 2.83. The Hall–Kier alpha value is -1.55. The number of amides is 1. The van der Waals surface area contributed by atoms with E-state index in [0.29, 0.717) is 19.8 Å². The van der Waals surface area contributed by atoms with Gasteiger partial charge in [0.1, 0.15) is 18.5 Å². The van der Waals surface area contributed by atoms with Crippen LogP contribution in [0.25, 0.3) is 0 Å². The lowest BCUT2D eigenvalue weighted by atomic mass is 10.2. The molecule has 0 saturated carbocycles. The van der Waals surface area contributed by atoms with Crippen LogP contribution in [0.2, 0.25) is 0 Å². The van der Waals surface area contributed by atoms with E-state index in [1.54, 1.807) is 0 Å². The van der Waals surface area contributed by atoms with Crippen LogP contribution in [0.5, 0.6) is 5.75 Å². The Balaban J connectivity index is 1.64. The van der Waals surface area contributed by atoms with Gasteiger partial charge in [0.2, 0.25) is 5.91 Å². The third kappa shape index (κ3) is 4.24. The first-order chi connectivity index (χ1) is 9.29. The third-order valence-corrected chi connectivity index (χ3v) is 3.22. The monoisotopic (exact) mass is 263 g/mol. The standard InChI is InChI=1S/C15H21NO3/c1-2-12-5-7-13(8-6-12)18-11-9-16-15(17)14-4-3-10-19-14/h5-8,14H,2-4,9-11H2,1H3,(H,16,17). The highest BCUT2D eigenvalue weighted by molar-refractivity contribution is 5.80. The van der Waals surface area contributed by atoms with Gasteiger partial charge in [-0.15, -0.1) is 0 Å². The summed E-state index contributed by atoms with van der Waals surface area (Å²) >= 11 is 0. The second-order valence-electron chi connectivity index (χ2n) is 4.64. The lowest BCUT2D eigenvalue weighted by molar-refractivity contribution is -0.130. The predicted molar refractivity (Wildman–Crippen MR) is 73.3 cm³/mol. The molecule has 0 aromatic heterocycles. The molecule has 4 nitrogen and oxygen atoms in total. The first kappa shape index (κ1) is 13.9. The fraction of sp³-hybridized carbons (Fsp3) is 0.533. The fourth-order valence-electron chi connectivity index (χ4n) is 2.06. The summed E-state index contributed by atoms with van der Waals surface area (Å²) in [6, 6.07) is 8.03. The predicted octanol–water partition coefficient (Wildman–Crippen LogP) is 1.92. The number of hydrogen-bond donors (Lipinski definition) is 1. The fourth-order valence-corrected chi connectivity index (χ4v) is 2.06. The quantitative estimate of drug-likeness (QED) is 0.798. The average molecular weight is 263 g/mol. The number of carbonyl (C=O) groups is 1. The molecule has 1 unspecified atom stereocenters. The van der Waals surface area contributed by atoms with Crippen LogP contribution in [0.15, 0.2) is 24.3 Å². The van der Waals surface area contributed by atoms with E-state index < -0.39 is 0 Å². The molecule has 4 heteroatoms. The maximum Gasteiger partial charge on any atom is 0.249 e. The number of nitrogens with one attached hydrogen (secondary N) is 1. The van der Waals surface area contributed by atoms with E-state index >= 15 is 0 Å². The minimum atomic E-state index is -0.260. The minimum absolute atomic E-state index is 0.0255. The van der Waals surface area contributed by atoms with Crippen molar-refractivity contribution in [2.75, 3.05) is 19.8 Å². The smallest absolute Gasteiger partial charge is 0.249 e. The van der Waals surface area contributed by atoms with Gasteiger partial charge in [0.05, 0.1) is 6.54 Å². The van der Waals surface area contributed by atoms with Crippen molar-refractivity contribution < 1.29 is 14.3 Å². The molecular formula is C15H21NO3. The number of aryl methyl sites for hydroxylation is 1. The first-order valence-electron chi connectivity index (χ1n) is 6.90. The molecule has 104 valence electrons. The van der Waals surface area contributed by atoms with Crippen molar-refractivity contribution in [1.82, 2.24) is 5.32 Å². The maximum atomic E-state index is 11.6. The van der Waals surface area contributed by atoms with Gasteiger partial charge >= 0.3 is 0 Å². The van der Waals surface area contributed by atoms with Gasteiger partial charge in [0.25, 0.3) is 0 Å². The molecular weight excluding hydrogens is 242 g/mol. The van der Waals surface area contributed by atoms with Gasteiger partial charge in [0.15, 0.2) is 0 Å². The largest absolute Gasteiger partial charge is 0.492 e. The van der Waals surface area contributed by atoms with Crippen LogP contribution in [0.3, 0.4) is 0 Å². The molecule has 1 atom stereocenters. The molecule has 1 heterocycles. The second kappa shape index (κ2) is 7.14. The Labute approximate surface area is 114 Å². The summed E-state index contributed by atoms with van der Waals surface area (Å²) in [6.45, 7) is 3.80. The van der Waals surface area contributed by atoms with Crippen molar-refractivity contribution >= 4 is 5.91 Å². The SMILES string of the molecule is CCc1ccc(OCCNC(=O)C2CCCO2)cc1. The Morgan fingerprint density at radius 3 is 2.84 bits per heavy atom. The van der Waals surface area contributed by atoms with E-state index in [0.717, 1.165) is 25.0 Å². The van der Waals surface area contributed by atoms with Crippen LogP contribution < -0.4 is 10.1 Å². The van der Waals surface area contributed by atoms with E-state index in [1.807, 2.05) is 12.1 Å². The number of carbonyl (C=O) groups excluding carboxylic acids is 1. The normalized spacial score (nSPS) is 18.3. The van der Waals surface area contributed by atoms with Crippen molar-refractivity contribution in [1.29, 1.82) is 0 Å². The highest BCUT2D eigenvalue weighted by atomic mass is 16.5. The molecule has 1 amide bonds. The van der Waals surface area contributed by atoms with E-state index in [1.165, 1.54) is 5.56 Å². The van der Waals surface area contributed by atoms with Gasteiger partial charge in [-0.2, -0.15) is 0 Å². The summed E-state index contributed by atoms with van der Waals surface area (Å²) in [4.78, 5) is 11.6. The van der Waals surface area contributed by atoms with E-state index in [9.17, 15) is 4.79 Å². The number of hydrogen-bond acceptors (Lipinski definition) is 3. The number of benzene rings is 1. The average Bonchev–Trinajstić information content (AvgIpc) is 2.98. The van der Waals surface area contributed by atoms with E-state index in [4.69, 9.17) is 9.47 Å². The molecule has 0 aliphatic carbocycles. The molecule has 0 radical (unpaired) electrons. The maximum absolute atomic E-state index is 11.6. The highest BCUT2D eigenvalue weighted by Crippen LogP contribution is 2.13. The Kier molecular flexibility index (Phi) is 5.21. The zero-order valence-corrected chi connectivity index (χ0v) is 11.4. The molecule has 1 aliphatic rings. The second-order valence-corrected chi connectivity index (χ2v) is 4.64. The lowest BCUT2D eigenvalue weighted by Crippen LogP contribution is -2.36. The lowest BCUT2D eigenvalue weighted by Gasteiger charge is -2.11. The molecule has 1 aliphatic heterocycles. The molecule has 0 spiro atoms. The molecule has 19 heavy (non-hydrogen) atoms. The van der Waals surface area contributed by atoms with Crippen LogP contribution in [0, 0.1) is 0 Å². The van der Waals surface area contributed by atoms with E-state index in [-0.39, 0.29) is 12.0 Å². The summed E-state index contributed by atoms with van der Waals surface area (Å²) in [7, 11) is 0. The molecule has 1 aromatic rings. The topological polar surface area (TPSA) is 47.6 Å². The molecule has 1 aromatic carbocycles. The highest BCUT2D eigenvalue weighted by Gasteiger charge is 2.22. The minimum Gasteiger partial charge on any atom is -0.492 e. The summed E-state index contributed by atoms with van der Waals surface area (Å²) in [5.74, 6) is 0.811. The summed E-state index contributed by atoms with van der Waals surface area (Å²) < 4.78 is 10.9. The van der Waals surface area contributed by atoms with Gasteiger partial charge in [-0.25, -0.2) is 0 Å². The summed E-state index contributed by atoms with van der Waals surface area (Å²) in [6.07, 6.45) is 2.56. The van der Waals surface area contributed by atoms with Gasteiger partial charge < -0.3 is 14.8 Å². The van der Waals surface area contributed by atoms with Crippen LogP contribution in [0.4, 0.5) is 0 Å². The van der Waals surface area contributed by atoms with Gasteiger partial charge in [-0.05, 0) is 37.0 Å². The van der Waals surface area contributed by atoms with Crippen LogP contribution in [0.1, 0.15) is 25.3 Å². The van der Waals surface area contributed by atoms with Crippen molar-refractivity contribution in [3.8, 4) is 5.75 Å². The van der Waals surface area contributed by atoms with Crippen molar-refractivity contribution in [2.45, 2.75) is 32.3 Å². The van der Waals surface area contributed by atoms with E-state index in [2.05, 4.69) is 24.4 Å². The molecule has 2 rings (SSSR count). The van der Waals surface area contributed by atoms with Gasteiger partial charge in [0, 0.05) is 6.61 Å². The zero-order valence-electron chi connectivity index (χ0n) is 11.4. The van der Waals surface area contributed by atoms with Crippen molar-refractivity contribution in [2.24, 2.45) is 0 Å². The van der Waals surface area contributed by atoms with Crippen LogP contribution >= 0.6 is 0 Å².